The Hall–Kier alpha value is -2.38. The molecule has 1 fully saturated rings. The SMILES string of the molecule is COc1ccc(S(=O)(=O)N2CCC[C@@H](C(=O)N[C@H](C)c3cc(C)c(C)cc3C)C2)cc1C. The van der Waals surface area contributed by atoms with Gasteiger partial charge in [-0.1, -0.05) is 12.1 Å². The number of ether oxygens (including phenoxy) is 1. The summed E-state index contributed by atoms with van der Waals surface area (Å²) >= 11 is 0. The van der Waals surface area contributed by atoms with Crippen LogP contribution in [0.15, 0.2) is 35.2 Å². The largest absolute Gasteiger partial charge is 0.496 e. The molecule has 0 spiro atoms. The molecule has 0 aliphatic carbocycles. The lowest BCUT2D eigenvalue weighted by molar-refractivity contribution is -0.126. The van der Waals surface area contributed by atoms with Crippen LogP contribution in [-0.2, 0) is 14.8 Å². The van der Waals surface area contributed by atoms with Crippen molar-refractivity contribution in [2.24, 2.45) is 5.92 Å². The lowest BCUT2D eigenvalue weighted by Gasteiger charge is -2.32. The summed E-state index contributed by atoms with van der Waals surface area (Å²) in [7, 11) is -2.12. The molecule has 7 heteroatoms. The number of nitrogens with zero attached hydrogens (tertiary/aromatic N) is 1. The lowest BCUT2D eigenvalue weighted by Crippen LogP contribution is -2.45. The molecule has 1 amide bonds. The van der Waals surface area contributed by atoms with Crippen LogP contribution < -0.4 is 10.1 Å². The van der Waals surface area contributed by atoms with Crippen LogP contribution in [0.5, 0.6) is 5.75 Å². The molecule has 2 atom stereocenters. The van der Waals surface area contributed by atoms with E-state index in [-0.39, 0.29) is 29.3 Å². The highest BCUT2D eigenvalue weighted by molar-refractivity contribution is 7.89. The van der Waals surface area contributed by atoms with Crippen molar-refractivity contribution in [2.75, 3.05) is 20.2 Å². The number of benzene rings is 2. The molecule has 2 aromatic carbocycles. The number of amides is 1. The molecule has 6 nitrogen and oxygen atoms in total. The number of aryl methyl sites for hydroxylation is 4. The second kappa shape index (κ2) is 9.63. The number of sulfonamides is 1. The van der Waals surface area contributed by atoms with Crippen LogP contribution in [0.3, 0.4) is 0 Å². The Morgan fingerprint density at radius 2 is 1.75 bits per heavy atom. The van der Waals surface area contributed by atoms with Gasteiger partial charge in [-0.3, -0.25) is 4.79 Å². The summed E-state index contributed by atoms with van der Waals surface area (Å²) in [5.74, 6) is 0.184. The number of hydrogen-bond acceptors (Lipinski definition) is 4. The standard InChI is InChI=1S/C25H34N2O4S/c1-16-12-18(3)23(14-17(16)2)20(5)26-25(28)21-8-7-11-27(15-21)32(29,30)22-9-10-24(31-6)19(4)13-22/h9-10,12-14,20-21H,7-8,11,15H2,1-6H3,(H,26,28)/t20-,21-/m1/s1. The van der Waals surface area contributed by atoms with Crippen molar-refractivity contribution in [3.05, 3.63) is 58.1 Å². The number of piperidine rings is 1. The van der Waals surface area contributed by atoms with Gasteiger partial charge in [-0.05, 0) is 93.5 Å². The van der Waals surface area contributed by atoms with Gasteiger partial charge in [0.05, 0.1) is 24.0 Å². The maximum atomic E-state index is 13.2. The quantitative estimate of drug-likeness (QED) is 0.704. The molecule has 0 bridgehead atoms. The fourth-order valence-corrected chi connectivity index (χ4v) is 6.00. The van der Waals surface area contributed by atoms with Crippen molar-refractivity contribution < 1.29 is 17.9 Å². The van der Waals surface area contributed by atoms with Gasteiger partial charge in [-0.15, -0.1) is 0 Å². The van der Waals surface area contributed by atoms with E-state index < -0.39 is 10.0 Å². The first kappa shape index (κ1) is 24.3. The van der Waals surface area contributed by atoms with Crippen LogP contribution in [0.4, 0.5) is 0 Å². The van der Waals surface area contributed by atoms with E-state index in [9.17, 15) is 13.2 Å². The Morgan fingerprint density at radius 3 is 2.41 bits per heavy atom. The van der Waals surface area contributed by atoms with Gasteiger partial charge in [0.25, 0.3) is 0 Å². The van der Waals surface area contributed by atoms with Crippen LogP contribution in [0.25, 0.3) is 0 Å². The average molecular weight is 459 g/mol. The molecule has 0 unspecified atom stereocenters. The van der Waals surface area contributed by atoms with Gasteiger partial charge in [0.1, 0.15) is 5.75 Å². The highest BCUT2D eigenvalue weighted by atomic mass is 32.2. The van der Waals surface area contributed by atoms with E-state index in [0.29, 0.717) is 25.1 Å². The summed E-state index contributed by atoms with van der Waals surface area (Å²) in [6, 6.07) is 8.98. The maximum absolute atomic E-state index is 13.2. The molecule has 0 radical (unpaired) electrons. The molecule has 1 N–H and O–H groups in total. The summed E-state index contributed by atoms with van der Waals surface area (Å²) in [6.45, 7) is 10.6. The maximum Gasteiger partial charge on any atom is 0.243 e. The fraction of sp³-hybridized carbons (Fsp3) is 0.480. The first-order valence-corrected chi connectivity index (χ1v) is 12.5. The minimum absolute atomic E-state index is 0.0964. The Bertz CT molecular complexity index is 1110. The van der Waals surface area contributed by atoms with Gasteiger partial charge in [0.2, 0.25) is 15.9 Å². The van der Waals surface area contributed by atoms with Gasteiger partial charge in [0, 0.05) is 13.1 Å². The number of carbonyl (C=O) groups is 1. The number of carbonyl (C=O) groups excluding carboxylic acids is 1. The summed E-state index contributed by atoms with van der Waals surface area (Å²) < 4.78 is 33.1. The fourth-order valence-electron chi connectivity index (χ4n) is 4.39. The van der Waals surface area contributed by atoms with Crippen molar-refractivity contribution in [3.63, 3.8) is 0 Å². The lowest BCUT2D eigenvalue weighted by atomic mass is 9.95. The molecule has 1 aliphatic rings. The first-order chi connectivity index (χ1) is 15.0. The van der Waals surface area contributed by atoms with Gasteiger partial charge in [0.15, 0.2) is 0 Å². The van der Waals surface area contributed by atoms with Crippen LogP contribution >= 0.6 is 0 Å². The van der Waals surface area contributed by atoms with Crippen LogP contribution in [-0.4, -0.2) is 38.8 Å². The monoisotopic (exact) mass is 458 g/mol. The van der Waals surface area contributed by atoms with Crippen LogP contribution in [0.2, 0.25) is 0 Å². The van der Waals surface area contributed by atoms with Gasteiger partial charge < -0.3 is 10.1 Å². The molecule has 32 heavy (non-hydrogen) atoms. The van der Waals surface area contributed by atoms with E-state index in [2.05, 4.69) is 38.2 Å². The zero-order valence-corrected chi connectivity index (χ0v) is 20.7. The molecule has 174 valence electrons. The van der Waals surface area contributed by atoms with Gasteiger partial charge >= 0.3 is 0 Å². The molecule has 3 rings (SSSR count). The topological polar surface area (TPSA) is 75.7 Å². The van der Waals surface area contributed by atoms with Crippen LogP contribution in [0, 0.1) is 33.6 Å². The second-order valence-electron chi connectivity index (χ2n) is 8.86. The number of hydrogen-bond donors (Lipinski definition) is 1. The van der Waals surface area contributed by atoms with Crippen molar-refractivity contribution in [3.8, 4) is 5.75 Å². The predicted molar refractivity (Wildman–Crippen MR) is 126 cm³/mol. The molecule has 0 saturated carbocycles. The van der Waals surface area contributed by atoms with Gasteiger partial charge in [-0.2, -0.15) is 4.31 Å². The van der Waals surface area contributed by atoms with Crippen molar-refractivity contribution in [2.45, 2.75) is 58.4 Å². The van der Waals surface area contributed by atoms with Crippen LogP contribution in [0.1, 0.15) is 53.6 Å². The van der Waals surface area contributed by atoms with E-state index in [4.69, 9.17) is 4.74 Å². The Balaban J connectivity index is 1.73. The molecular weight excluding hydrogens is 424 g/mol. The number of methoxy groups -OCH3 is 1. The summed E-state index contributed by atoms with van der Waals surface area (Å²) in [4.78, 5) is 13.3. The molecular formula is C25H34N2O4S. The Kier molecular flexibility index (Phi) is 7.30. The van der Waals surface area contributed by atoms with Crippen molar-refractivity contribution in [1.29, 1.82) is 0 Å². The second-order valence-corrected chi connectivity index (χ2v) is 10.8. The summed E-state index contributed by atoms with van der Waals surface area (Å²) in [6.07, 6.45) is 1.33. The minimum atomic E-state index is -3.68. The highest BCUT2D eigenvalue weighted by Crippen LogP contribution is 2.28. The van der Waals surface area contributed by atoms with Crippen molar-refractivity contribution in [1.82, 2.24) is 9.62 Å². The van der Waals surface area contributed by atoms with E-state index in [1.54, 1.807) is 25.3 Å². The van der Waals surface area contributed by atoms with E-state index in [1.165, 1.54) is 15.4 Å². The Morgan fingerprint density at radius 1 is 1.06 bits per heavy atom. The van der Waals surface area contributed by atoms with E-state index in [1.807, 2.05) is 13.8 Å². The summed E-state index contributed by atoms with van der Waals surface area (Å²) in [5.41, 5.74) is 5.42. The molecule has 1 heterocycles. The van der Waals surface area contributed by atoms with Gasteiger partial charge in [-0.25, -0.2) is 8.42 Å². The zero-order chi connectivity index (χ0) is 23.6. The zero-order valence-electron chi connectivity index (χ0n) is 19.9. The third-order valence-electron chi connectivity index (χ3n) is 6.47. The van der Waals surface area contributed by atoms with E-state index in [0.717, 1.165) is 16.7 Å². The molecule has 2 aromatic rings. The third kappa shape index (κ3) is 4.99. The third-order valence-corrected chi connectivity index (χ3v) is 8.33. The minimum Gasteiger partial charge on any atom is -0.496 e. The van der Waals surface area contributed by atoms with Crippen molar-refractivity contribution >= 4 is 15.9 Å². The summed E-state index contributed by atoms with van der Waals surface area (Å²) in [5, 5.41) is 3.11. The molecule has 1 aliphatic heterocycles. The first-order valence-electron chi connectivity index (χ1n) is 11.1. The number of rotatable bonds is 6. The Labute approximate surface area is 192 Å². The highest BCUT2D eigenvalue weighted by Gasteiger charge is 2.34. The normalized spacial score (nSPS) is 18.2. The average Bonchev–Trinajstić information content (AvgIpc) is 2.76. The number of nitrogens with one attached hydrogen (secondary N) is 1. The molecule has 1 saturated heterocycles. The predicted octanol–water partition coefficient (Wildman–Crippen LogP) is 4.21. The van der Waals surface area contributed by atoms with E-state index >= 15 is 0 Å². The molecule has 0 aromatic heterocycles. The smallest absolute Gasteiger partial charge is 0.243 e.